The van der Waals surface area contributed by atoms with E-state index in [1.807, 2.05) is 18.7 Å². The first-order valence-corrected chi connectivity index (χ1v) is 8.13. The van der Waals surface area contributed by atoms with E-state index in [-0.39, 0.29) is 6.04 Å². The predicted octanol–water partition coefficient (Wildman–Crippen LogP) is 2.90. The molecule has 2 atom stereocenters. The number of hydrogen-bond donors (Lipinski definition) is 1. The van der Waals surface area contributed by atoms with Gasteiger partial charge in [-0.1, -0.05) is 19.9 Å². The molecule has 1 fully saturated rings. The maximum Gasteiger partial charge on any atom is 0.320 e. The largest absolute Gasteiger partial charge is 0.480 e. The average Bonchev–Trinajstić information content (AvgIpc) is 2.52. The second kappa shape index (κ2) is 7.84. The van der Waals surface area contributed by atoms with E-state index in [0.29, 0.717) is 38.2 Å². The lowest BCUT2D eigenvalue weighted by molar-refractivity contribution is -0.144. The summed E-state index contributed by atoms with van der Waals surface area (Å²) in [4.78, 5) is 15.4. The van der Waals surface area contributed by atoms with Gasteiger partial charge in [0.1, 0.15) is 17.7 Å². The molecule has 0 saturated carbocycles. The first-order chi connectivity index (χ1) is 11.0. The fourth-order valence-electron chi connectivity index (χ4n) is 3.40. The Bertz CT molecular complexity index is 545. The summed E-state index contributed by atoms with van der Waals surface area (Å²) in [6.45, 7) is 6.49. The minimum absolute atomic E-state index is 0.109. The predicted molar refractivity (Wildman–Crippen MR) is 84.3 cm³/mol. The SMILES string of the molecule is CC[C@H](c1ccc(F)cc1F)N1CCN([C@@H](CC)C(=O)O)CC1. The standard InChI is InChI=1S/C17H24F2N2O2/c1-3-15(13-6-5-12(18)11-14(13)19)20-7-9-21(10-8-20)16(4-2)17(22)23/h5-6,11,15-16H,3-4,7-10H2,1-2H3,(H,22,23)/t15-,16+/m1/s1. The number of carboxylic acids is 1. The highest BCUT2D eigenvalue weighted by Crippen LogP contribution is 2.28. The number of carbonyl (C=O) groups is 1. The summed E-state index contributed by atoms with van der Waals surface area (Å²) in [6, 6.07) is 3.15. The number of carboxylic acid groups (broad SMARTS) is 1. The molecule has 0 amide bonds. The molecule has 2 rings (SSSR count). The minimum Gasteiger partial charge on any atom is -0.480 e. The lowest BCUT2D eigenvalue weighted by Gasteiger charge is -2.41. The maximum absolute atomic E-state index is 14.1. The highest BCUT2D eigenvalue weighted by Gasteiger charge is 2.30. The van der Waals surface area contributed by atoms with Gasteiger partial charge in [-0.3, -0.25) is 14.6 Å². The van der Waals surface area contributed by atoms with Gasteiger partial charge in [0.25, 0.3) is 0 Å². The molecule has 0 aliphatic carbocycles. The number of hydrogen-bond acceptors (Lipinski definition) is 3. The van der Waals surface area contributed by atoms with Crippen molar-refractivity contribution in [3.63, 3.8) is 0 Å². The third kappa shape index (κ3) is 4.06. The van der Waals surface area contributed by atoms with Gasteiger partial charge in [-0.15, -0.1) is 0 Å². The fraction of sp³-hybridized carbons (Fsp3) is 0.588. The number of piperazine rings is 1. The molecule has 1 N–H and O–H groups in total. The average molecular weight is 326 g/mol. The molecule has 1 saturated heterocycles. The van der Waals surface area contributed by atoms with Crippen molar-refractivity contribution in [1.29, 1.82) is 0 Å². The number of benzene rings is 1. The molecule has 4 nitrogen and oxygen atoms in total. The zero-order valence-electron chi connectivity index (χ0n) is 13.6. The normalized spacial score (nSPS) is 19.5. The Morgan fingerprint density at radius 1 is 1.13 bits per heavy atom. The third-order valence-electron chi connectivity index (χ3n) is 4.61. The van der Waals surface area contributed by atoms with Crippen LogP contribution in [0, 0.1) is 11.6 Å². The zero-order chi connectivity index (χ0) is 17.0. The fourth-order valence-corrected chi connectivity index (χ4v) is 3.40. The van der Waals surface area contributed by atoms with E-state index in [2.05, 4.69) is 4.90 Å². The van der Waals surface area contributed by atoms with Gasteiger partial charge in [-0.05, 0) is 18.9 Å². The minimum atomic E-state index is -0.794. The van der Waals surface area contributed by atoms with Crippen LogP contribution in [0.15, 0.2) is 18.2 Å². The molecular weight excluding hydrogens is 302 g/mol. The smallest absolute Gasteiger partial charge is 0.320 e. The first kappa shape index (κ1) is 17.8. The second-order valence-corrected chi connectivity index (χ2v) is 5.92. The van der Waals surface area contributed by atoms with Crippen molar-refractivity contribution >= 4 is 5.97 Å². The van der Waals surface area contributed by atoms with Crippen molar-refractivity contribution < 1.29 is 18.7 Å². The first-order valence-electron chi connectivity index (χ1n) is 8.13. The van der Waals surface area contributed by atoms with E-state index < -0.39 is 23.6 Å². The summed E-state index contributed by atoms with van der Waals surface area (Å²) >= 11 is 0. The van der Waals surface area contributed by atoms with Crippen LogP contribution >= 0.6 is 0 Å². The summed E-state index contributed by atoms with van der Waals surface area (Å²) in [5.74, 6) is -1.88. The number of halogens is 2. The zero-order valence-corrected chi connectivity index (χ0v) is 13.6. The summed E-state index contributed by atoms with van der Waals surface area (Å²) in [6.07, 6.45) is 1.29. The monoisotopic (exact) mass is 326 g/mol. The van der Waals surface area contributed by atoms with Crippen LogP contribution in [0.25, 0.3) is 0 Å². The van der Waals surface area contributed by atoms with Crippen LogP contribution < -0.4 is 0 Å². The lowest BCUT2D eigenvalue weighted by atomic mass is 10.0. The van der Waals surface area contributed by atoms with Gasteiger partial charge in [-0.25, -0.2) is 8.78 Å². The van der Waals surface area contributed by atoms with Gasteiger partial charge >= 0.3 is 5.97 Å². The molecule has 0 unspecified atom stereocenters. The van der Waals surface area contributed by atoms with Crippen molar-refractivity contribution in [2.45, 2.75) is 38.8 Å². The Labute approximate surface area is 135 Å². The summed E-state index contributed by atoms with van der Waals surface area (Å²) < 4.78 is 27.1. The van der Waals surface area contributed by atoms with Crippen LogP contribution in [0.2, 0.25) is 0 Å². The third-order valence-corrected chi connectivity index (χ3v) is 4.61. The molecule has 0 bridgehead atoms. The quantitative estimate of drug-likeness (QED) is 0.873. The molecule has 23 heavy (non-hydrogen) atoms. The Morgan fingerprint density at radius 3 is 2.22 bits per heavy atom. The van der Waals surface area contributed by atoms with E-state index in [1.54, 1.807) is 0 Å². The van der Waals surface area contributed by atoms with Gasteiger partial charge in [-0.2, -0.15) is 0 Å². The van der Waals surface area contributed by atoms with E-state index in [0.717, 1.165) is 12.5 Å². The van der Waals surface area contributed by atoms with Gasteiger partial charge in [0.2, 0.25) is 0 Å². The summed E-state index contributed by atoms with van der Waals surface area (Å²) in [5, 5.41) is 9.25. The molecule has 0 spiro atoms. The molecule has 6 heteroatoms. The van der Waals surface area contributed by atoms with E-state index in [9.17, 15) is 18.7 Å². The number of aliphatic carboxylic acids is 1. The molecule has 0 radical (unpaired) electrons. The van der Waals surface area contributed by atoms with Crippen LogP contribution in [0.3, 0.4) is 0 Å². The van der Waals surface area contributed by atoms with Gasteiger partial charge < -0.3 is 5.11 Å². The van der Waals surface area contributed by atoms with E-state index >= 15 is 0 Å². The molecule has 1 aliphatic rings. The number of nitrogens with zero attached hydrogens (tertiary/aromatic N) is 2. The number of rotatable bonds is 6. The Hall–Kier alpha value is -1.53. The summed E-state index contributed by atoms with van der Waals surface area (Å²) in [7, 11) is 0. The van der Waals surface area contributed by atoms with Crippen LogP contribution in [0.4, 0.5) is 8.78 Å². The van der Waals surface area contributed by atoms with Crippen LogP contribution in [0.1, 0.15) is 38.3 Å². The molecule has 1 aromatic carbocycles. The van der Waals surface area contributed by atoms with Crippen molar-refractivity contribution in [3.05, 3.63) is 35.4 Å². The highest BCUT2D eigenvalue weighted by atomic mass is 19.1. The van der Waals surface area contributed by atoms with Crippen molar-refractivity contribution in [2.24, 2.45) is 0 Å². The lowest BCUT2D eigenvalue weighted by Crippen LogP contribution is -2.53. The van der Waals surface area contributed by atoms with E-state index in [4.69, 9.17) is 0 Å². The van der Waals surface area contributed by atoms with Gasteiger partial charge in [0.15, 0.2) is 0 Å². The van der Waals surface area contributed by atoms with Crippen LogP contribution in [-0.2, 0) is 4.79 Å². The Balaban J connectivity index is 2.06. The van der Waals surface area contributed by atoms with Gasteiger partial charge in [0, 0.05) is 43.9 Å². The van der Waals surface area contributed by atoms with Crippen LogP contribution in [0.5, 0.6) is 0 Å². The van der Waals surface area contributed by atoms with Crippen molar-refractivity contribution in [3.8, 4) is 0 Å². The van der Waals surface area contributed by atoms with Crippen molar-refractivity contribution in [1.82, 2.24) is 9.80 Å². The molecule has 1 aromatic rings. The molecular formula is C17H24F2N2O2. The van der Waals surface area contributed by atoms with Crippen molar-refractivity contribution in [2.75, 3.05) is 26.2 Å². The molecule has 1 aliphatic heterocycles. The Morgan fingerprint density at radius 2 is 1.74 bits per heavy atom. The molecule has 0 aromatic heterocycles. The van der Waals surface area contributed by atoms with E-state index in [1.165, 1.54) is 12.1 Å². The molecule has 1 heterocycles. The summed E-state index contributed by atoms with van der Waals surface area (Å²) in [5.41, 5.74) is 0.507. The topological polar surface area (TPSA) is 43.8 Å². The maximum atomic E-state index is 14.1. The second-order valence-electron chi connectivity index (χ2n) is 5.92. The highest BCUT2D eigenvalue weighted by molar-refractivity contribution is 5.73. The molecule has 128 valence electrons. The van der Waals surface area contributed by atoms with Crippen LogP contribution in [-0.4, -0.2) is 53.1 Å². The Kier molecular flexibility index (Phi) is 6.07. The van der Waals surface area contributed by atoms with Gasteiger partial charge in [0.05, 0.1) is 0 Å².